The molecule has 0 aliphatic rings. The van der Waals surface area contributed by atoms with Crippen molar-refractivity contribution in [2.75, 3.05) is 0 Å². The fourth-order valence-electron chi connectivity index (χ4n) is 2.05. The first-order chi connectivity index (χ1) is 7.77. The predicted molar refractivity (Wildman–Crippen MR) is 71.6 cm³/mol. The molecule has 0 aromatic heterocycles. The first kappa shape index (κ1) is 13.2. The molecule has 0 radical (unpaired) electrons. The molecule has 2 atom stereocenters. The van der Waals surface area contributed by atoms with Crippen molar-refractivity contribution in [3.05, 3.63) is 35.9 Å². The van der Waals surface area contributed by atoms with Gasteiger partial charge in [0.25, 0.3) is 0 Å². The molecule has 0 heterocycles. The van der Waals surface area contributed by atoms with Gasteiger partial charge in [-0.1, -0.05) is 57.0 Å². The summed E-state index contributed by atoms with van der Waals surface area (Å²) in [6.07, 6.45) is 5.13. The van der Waals surface area contributed by atoms with Crippen LogP contribution in [0.15, 0.2) is 30.3 Å². The molecule has 0 aliphatic carbocycles. The summed E-state index contributed by atoms with van der Waals surface area (Å²) in [5.74, 6) is 0. The van der Waals surface area contributed by atoms with E-state index in [1.807, 2.05) is 0 Å². The van der Waals surface area contributed by atoms with Crippen LogP contribution in [0.2, 0.25) is 0 Å². The maximum absolute atomic E-state index is 3.72. The molecule has 1 unspecified atom stereocenters. The molecule has 90 valence electrons. The fraction of sp³-hybridized carbons (Fsp3) is 0.600. The van der Waals surface area contributed by atoms with Crippen LogP contribution in [-0.2, 0) is 0 Å². The number of hydrogen-bond donors (Lipinski definition) is 1. The van der Waals surface area contributed by atoms with Crippen LogP contribution in [0, 0.1) is 0 Å². The van der Waals surface area contributed by atoms with Gasteiger partial charge in [0.05, 0.1) is 0 Å². The lowest BCUT2D eigenvalue weighted by Gasteiger charge is -2.22. The third-order valence-electron chi connectivity index (χ3n) is 3.18. The smallest absolute Gasteiger partial charge is 0.0294 e. The Balaban J connectivity index is 2.45. The Kier molecular flexibility index (Phi) is 6.17. The van der Waals surface area contributed by atoms with E-state index in [1.54, 1.807) is 0 Å². The molecule has 0 amide bonds. The molecular weight excluding hydrogens is 194 g/mol. The maximum atomic E-state index is 3.72. The van der Waals surface area contributed by atoms with Crippen LogP contribution in [0.4, 0.5) is 0 Å². The van der Waals surface area contributed by atoms with Crippen LogP contribution in [-0.4, -0.2) is 6.04 Å². The standard InChI is InChI=1S/C15H25N/c1-4-6-12-15(5-2)16-13(3)14-10-8-7-9-11-14/h7-11,13,15-16H,4-6,12H2,1-3H3/t13-,15?/m1/s1. The quantitative estimate of drug-likeness (QED) is 0.720. The summed E-state index contributed by atoms with van der Waals surface area (Å²) in [5, 5.41) is 3.72. The van der Waals surface area contributed by atoms with Crippen LogP contribution in [0.25, 0.3) is 0 Å². The molecule has 1 aromatic carbocycles. The Bertz CT molecular complexity index is 268. The first-order valence-electron chi connectivity index (χ1n) is 6.58. The first-order valence-corrected chi connectivity index (χ1v) is 6.58. The molecule has 0 fully saturated rings. The van der Waals surface area contributed by atoms with Gasteiger partial charge in [0, 0.05) is 12.1 Å². The maximum Gasteiger partial charge on any atom is 0.0294 e. The van der Waals surface area contributed by atoms with Crippen LogP contribution >= 0.6 is 0 Å². The molecule has 16 heavy (non-hydrogen) atoms. The second-order valence-corrected chi connectivity index (χ2v) is 4.55. The number of hydrogen-bond acceptors (Lipinski definition) is 1. The average Bonchev–Trinajstić information content (AvgIpc) is 2.35. The predicted octanol–water partition coefficient (Wildman–Crippen LogP) is 4.31. The van der Waals surface area contributed by atoms with Gasteiger partial charge in [-0.15, -0.1) is 0 Å². The SMILES string of the molecule is CCCCC(CC)N[C@H](C)c1ccccc1. The van der Waals surface area contributed by atoms with Crippen LogP contribution in [0.3, 0.4) is 0 Å². The molecule has 1 rings (SSSR count). The van der Waals surface area contributed by atoms with Gasteiger partial charge in [-0.25, -0.2) is 0 Å². The van der Waals surface area contributed by atoms with E-state index in [-0.39, 0.29) is 0 Å². The van der Waals surface area contributed by atoms with Crippen molar-refractivity contribution >= 4 is 0 Å². The second kappa shape index (κ2) is 7.45. The summed E-state index contributed by atoms with van der Waals surface area (Å²) < 4.78 is 0. The van der Waals surface area contributed by atoms with E-state index in [1.165, 1.54) is 31.2 Å². The van der Waals surface area contributed by atoms with Crippen molar-refractivity contribution in [1.29, 1.82) is 0 Å². The Morgan fingerprint density at radius 3 is 2.38 bits per heavy atom. The van der Waals surface area contributed by atoms with Crippen molar-refractivity contribution < 1.29 is 0 Å². The molecule has 1 aromatic rings. The van der Waals surface area contributed by atoms with E-state index in [9.17, 15) is 0 Å². The summed E-state index contributed by atoms with van der Waals surface area (Å²) in [6.45, 7) is 6.78. The monoisotopic (exact) mass is 219 g/mol. The zero-order valence-electron chi connectivity index (χ0n) is 10.9. The van der Waals surface area contributed by atoms with Crippen molar-refractivity contribution in [3.63, 3.8) is 0 Å². The van der Waals surface area contributed by atoms with Crippen molar-refractivity contribution in [2.24, 2.45) is 0 Å². The highest BCUT2D eigenvalue weighted by molar-refractivity contribution is 5.18. The zero-order chi connectivity index (χ0) is 11.8. The van der Waals surface area contributed by atoms with Crippen molar-refractivity contribution in [1.82, 2.24) is 5.32 Å². The minimum absolute atomic E-state index is 0.461. The van der Waals surface area contributed by atoms with Gasteiger partial charge >= 0.3 is 0 Å². The Morgan fingerprint density at radius 1 is 1.12 bits per heavy atom. The average molecular weight is 219 g/mol. The highest BCUT2D eigenvalue weighted by Gasteiger charge is 2.10. The summed E-state index contributed by atoms with van der Waals surface area (Å²) >= 11 is 0. The highest BCUT2D eigenvalue weighted by Crippen LogP contribution is 2.15. The van der Waals surface area contributed by atoms with Gasteiger partial charge in [-0.05, 0) is 25.3 Å². The van der Waals surface area contributed by atoms with Crippen LogP contribution in [0.1, 0.15) is 58.1 Å². The molecule has 0 aliphatic heterocycles. The van der Waals surface area contributed by atoms with Gasteiger partial charge in [0.2, 0.25) is 0 Å². The molecule has 0 spiro atoms. The normalized spacial score (nSPS) is 14.7. The summed E-state index contributed by atoms with van der Waals surface area (Å²) in [6, 6.07) is 11.8. The van der Waals surface area contributed by atoms with Gasteiger partial charge in [0.15, 0.2) is 0 Å². The molecule has 1 nitrogen and oxygen atoms in total. The van der Waals surface area contributed by atoms with Crippen molar-refractivity contribution in [2.45, 2.75) is 58.5 Å². The van der Waals surface area contributed by atoms with E-state index in [4.69, 9.17) is 0 Å². The van der Waals surface area contributed by atoms with E-state index in [0.29, 0.717) is 12.1 Å². The fourth-order valence-corrected chi connectivity index (χ4v) is 2.05. The molecular formula is C15H25N. The lowest BCUT2D eigenvalue weighted by molar-refractivity contribution is 0.410. The molecule has 0 saturated heterocycles. The van der Waals surface area contributed by atoms with E-state index < -0.39 is 0 Å². The number of unbranched alkanes of at least 4 members (excludes halogenated alkanes) is 1. The minimum atomic E-state index is 0.461. The lowest BCUT2D eigenvalue weighted by atomic mass is 10.0. The van der Waals surface area contributed by atoms with Crippen LogP contribution < -0.4 is 5.32 Å². The van der Waals surface area contributed by atoms with E-state index in [0.717, 1.165) is 0 Å². The number of benzene rings is 1. The topological polar surface area (TPSA) is 12.0 Å². The van der Waals surface area contributed by atoms with Crippen molar-refractivity contribution in [3.8, 4) is 0 Å². The molecule has 0 saturated carbocycles. The van der Waals surface area contributed by atoms with Crippen LogP contribution in [0.5, 0.6) is 0 Å². The largest absolute Gasteiger partial charge is 0.307 e. The van der Waals surface area contributed by atoms with Gasteiger partial charge in [-0.2, -0.15) is 0 Å². The Labute approximate surface area is 100 Å². The van der Waals surface area contributed by atoms with Gasteiger partial charge in [0.1, 0.15) is 0 Å². The van der Waals surface area contributed by atoms with Gasteiger partial charge < -0.3 is 5.32 Å². The molecule has 1 N–H and O–H groups in total. The van der Waals surface area contributed by atoms with Gasteiger partial charge in [-0.3, -0.25) is 0 Å². The number of nitrogens with one attached hydrogen (secondary N) is 1. The number of rotatable bonds is 7. The summed E-state index contributed by atoms with van der Waals surface area (Å²) in [5.41, 5.74) is 1.39. The molecule has 0 bridgehead atoms. The highest BCUT2D eigenvalue weighted by atomic mass is 14.9. The van der Waals surface area contributed by atoms with E-state index in [2.05, 4.69) is 56.4 Å². The summed E-state index contributed by atoms with van der Waals surface area (Å²) in [4.78, 5) is 0. The third-order valence-corrected chi connectivity index (χ3v) is 3.18. The Morgan fingerprint density at radius 2 is 1.81 bits per heavy atom. The zero-order valence-corrected chi connectivity index (χ0v) is 10.9. The second-order valence-electron chi connectivity index (χ2n) is 4.55. The molecule has 1 heteroatoms. The third kappa shape index (κ3) is 4.36. The Hall–Kier alpha value is -0.820. The summed E-state index contributed by atoms with van der Waals surface area (Å²) in [7, 11) is 0. The minimum Gasteiger partial charge on any atom is -0.307 e. The van der Waals surface area contributed by atoms with E-state index >= 15 is 0 Å². The lowest BCUT2D eigenvalue weighted by Crippen LogP contribution is -2.30.